The zero-order valence-corrected chi connectivity index (χ0v) is 16.6. The van der Waals surface area contributed by atoms with Crippen LogP contribution in [0.4, 0.5) is 0 Å². The Morgan fingerprint density at radius 2 is 1.77 bits per heavy atom. The highest BCUT2D eigenvalue weighted by atomic mass is 32.1. The molecule has 30 heavy (non-hydrogen) atoms. The van der Waals surface area contributed by atoms with Crippen LogP contribution in [0, 0.1) is 0 Å². The normalized spacial score (nSPS) is 10.4. The fraction of sp³-hybridized carbons (Fsp3) is 0.0455. The van der Waals surface area contributed by atoms with Gasteiger partial charge < -0.3 is 4.74 Å². The summed E-state index contributed by atoms with van der Waals surface area (Å²) in [6, 6.07) is 22.7. The Balaban J connectivity index is 1.31. The minimum atomic E-state index is -0.521. The summed E-state index contributed by atoms with van der Waals surface area (Å²) in [5.74, 6) is -0.426. The number of rotatable bonds is 6. The first-order chi connectivity index (χ1) is 14.7. The molecule has 0 spiro atoms. The number of para-hydroxylation sites is 1. The van der Waals surface area contributed by atoms with Crippen LogP contribution >= 0.6 is 11.3 Å². The third-order valence-electron chi connectivity index (χ3n) is 4.24. The molecule has 4 rings (SSSR count). The third-order valence-corrected chi connectivity index (χ3v) is 5.15. The predicted molar refractivity (Wildman–Crippen MR) is 115 cm³/mol. The van der Waals surface area contributed by atoms with E-state index in [-0.39, 0.29) is 12.3 Å². The van der Waals surface area contributed by atoms with Crippen LogP contribution in [0.1, 0.15) is 10.5 Å². The third kappa shape index (κ3) is 4.56. The maximum absolute atomic E-state index is 12.2. The van der Waals surface area contributed by atoms with Gasteiger partial charge in [-0.15, -0.1) is 11.3 Å². The first-order valence-electron chi connectivity index (χ1n) is 9.16. The Bertz CT molecular complexity index is 1140. The Morgan fingerprint density at radius 3 is 2.57 bits per heavy atom. The van der Waals surface area contributed by atoms with Crippen molar-refractivity contribution in [3.8, 4) is 27.4 Å². The number of nitrogens with one attached hydrogen (secondary N) is 3. The van der Waals surface area contributed by atoms with Crippen molar-refractivity contribution in [3.05, 3.63) is 83.9 Å². The van der Waals surface area contributed by atoms with Crippen molar-refractivity contribution in [2.75, 3.05) is 6.61 Å². The van der Waals surface area contributed by atoms with Gasteiger partial charge in [0.1, 0.15) is 5.75 Å². The highest BCUT2D eigenvalue weighted by molar-refractivity contribution is 7.13. The average Bonchev–Trinajstić information content (AvgIpc) is 3.49. The van der Waals surface area contributed by atoms with Crippen molar-refractivity contribution < 1.29 is 14.3 Å². The van der Waals surface area contributed by atoms with Crippen LogP contribution in [0.3, 0.4) is 0 Å². The molecule has 0 bridgehead atoms. The van der Waals surface area contributed by atoms with Crippen LogP contribution in [-0.2, 0) is 4.79 Å². The Labute approximate surface area is 176 Å². The molecule has 0 unspecified atom stereocenters. The van der Waals surface area contributed by atoms with E-state index in [0.717, 1.165) is 21.7 Å². The van der Waals surface area contributed by atoms with Crippen LogP contribution in [0.15, 0.2) is 78.2 Å². The highest BCUT2D eigenvalue weighted by Crippen LogP contribution is 2.29. The standard InChI is InChI=1S/C22H18N4O3S/c27-21(14-29-19-10-5-4-9-16(19)15-7-2-1-3-8-15)25-26-22(28)18-13-17(23-24-18)20-11-6-12-30-20/h1-13H,14H2,(H,23,24)(H,25,27)(H,26,28). The van der Waals surface area contributed by atoms with Crippen molar-refractivity contribution in [2.24, 2.45) is 0 Å². The van der Waals surface area contributed by atoms with Crippen molar-refractivity contribution in [2.45, 2.75) is 0 Å². The number of hydrogen-bond donors (Lipinski definition) is 3. The lowest BCUT2D eigenvalue weighted by atomic mass is 10.1. The van der Waals surface area contributed by atoms with Gasteiger partial charge in [0, 0.05) is 5.56 Å². The number of carbonyl (C=O) groups is 2. The van der Waals surface area contributed by atoms with Gasteiger partial charge in [0.25, 0.3) is 11.8 Å². The van der Waals surface area contributed by atoms with E-state index < -0.39 is 11.8 Å². The van der Waals surface area contributed by atoms with E-state index in [1.165, 1.54) is 11.3 Å². The lowest BCUT2D eigenvalue weighted by Gasteiger charge is -2.12. The van der Waals surface area contributed by atoms with E-state index in [0.29, 0.717) is 5.75 Å². The molecule has 0 aliphatic rings. The summed E-state index contributed by atoms with van der Waals surface area (Å²) < 4.78 is 5.66. The van der Waals surface area contributed by atoms with Gasteiger partial charge in [-0.2, -0.15) is 5.10 Å². The highest BCUT2D eigenvalue weighted by Gasteiger charge is 2.13. The van der Waals surface area contributed by atoms with Crippen molar-refractivity contribution in [1.29, 1.82) is 0 Å². The summed E-state index contributed by atoms with van der Waals surface area (Å²) >= 11 is 1.53. The second-order valence-corrected chi connectivity index (χ2v) is 7.25. The zero-order chi connectivity index (χ0) is 20.8. The fourth-order valence-corrected chi connectivity index (χ4v) is 3.51. The molecule has 3 N–H and O–H groups in total. The molecular weight excluding hydrogens is 400 g/mol. The molecule has 150 valence electrons. The monoisotopic (exact) mass is 418 g/mol. The van der Waals surface area contributed by atoms with Gasteiger partial charge in [-0.05, 0) is 29.1 Å². The molecule has 0 aliphatic heterocycles. The van der Waals surface area contributed by atoms with Crippen LogP contribution in [0.5, 0.6) is 5.75 Å². The molecule has 4 aromatic rings. The molecule has 0 radical (unpaired) electrons. The number of amides is 2. The maximum Gasteiger partial charge on any atom is 0.290 e. The van der Waals surface area contributed by atoms with Gasteiger partial charge in [0.05, 0.1) is 10.6 Å². The number of carbonyl (C=O) groups excluding carboxylic acids is 2. The SMILES string of the molecule is O=C(COc1ccccc1-c1ccccc1)NNC(=O)c1cc(-c2cccs2)[nH]n1. The molecule has 2 aromatic heterocycles. The number of aromatic amines is 1. The lowest BCUT2D eigenvalue weighted by Crippen LogP contribution is -2.44. The number of benzene rings is 2. The van der Waals surface area contributed by atoms with Crippen molar-refractivity contribution >= 4 is 23.2 Å². The van der Waals surface area contributed by atoms with Gasteiger partial charge >= 0.3 is 0 Å². The summed E-state index contributed by atoms with van der Waals surface area (Å²) in [5.41, 5.74) is 7.47. The fourth-order valence-electron chi connectivity index (χ4n) is 2.81. The summed E-state index contributed by atoms with van der Waals surface area (Å²) in [7, 11) is 0. The molecule has 2 heterocycles. The number of thiophene rings is 1. The van der Waals surface area contributed by atoms with E-state index in [4.69, 9.17) is 4.74 Å². The Kier molecular flexibility index (Phi) is 5.86. The topological polar surface area (TPSA) is 96.1 Å². The van der Waals surface area contributed by atoms with Crippen LogP contribution < -0.4 is 15.6 Å². The molecule has 2 aromatic carbocycles. The number of hydrazine groups is 1. The largest absolute Gasteiger partial charge is 0.483 e. The van der Waals surface area contributed by atoms with Crippen molar-refractivity contribution in [3.63, 3.8) is 0 Å². The van der Waals surface area contributed by atoms with Crippen LogP contribution in [0.2, 0.25) is 0 Å². The van der Waals surface area contributed by atoms with Gasteiger partial charge in [-0.1, -0.05) is 54.6 Å². The summed E-state index contributed by atoms with van der Waals surface area (Å²) in [6.45, 7) is -0.245. The second-order valence-electron chi connectivity index (χ2n) is 6.30. The minimum Gasteiger partial charge on any atom is -0.483 e. The van der Waals surface area contributed by atoms with E-state index in [2.05, 4.69) is 21.0 Å². The smallest absolute Gasteiger partial charge is 0.290 e. The summed E-state index contributed by atoms with van der Waals surface area (Å²) in [4.78, 5) is 25.3. The van der Waals surface area contributed by atoms with E-state index in [1.807, 2.05) is 66.0 Å². The number of nitrogens with zero attached hydrogens (tertiary/aromatic N) is 1. The molecule has 7 nitrogen and oxygen atoms in total. The molecule has 0 saturated carbocycles. The maximum atomic E-state index is 12.2. The summed E-state index contributed by atoms with van der Waals surface area (Å²) in [6.07, 6.45) is 0. The molecule has 0 aliphatic carbocycles. The number of ether oxygens (including phenoxy) is 1. The molecule has 0 saturated heterocycles. The van der Waals surface area contributed by atoms with Gasteiger partial charge in [-0.3, -0.25) is 25.5 Å². The molecule has 0 fully saturated rings. The van der Waals surface area contributed by atoms with Crippen LogP contribution in [-0.4, -0.2) is 28.6 Å². The molecule has 0 atom stereocenters. The second kappa shape index (κ2) is 9.06. The number of aromatic nitrogens is 2. The molecule has 8 heteroatoms. The molecular formula is C22H18N4O3S. The minimum absolute atomic E-state index is 0.175. The van der Waals surface area contributed by atoms with Gasteiger partial charge in [-0.25, -0.2) is 0 Å². The zero-order valence-electron chi connectivity index (χ0n) is 15.8. The first kappa shape index (κ1) is 19.4. The quantitative estimate of drug-likeness (QED) is 0.417. The van der Waals surface area contributed by atoms with E-state index >= 15 is 0 Å². The number of hydrogen-bond acceptors (Lipinski definition) is 5. The predicted octanol–water partition coefficient (Wildman–Crippen LogP) is 3.65. The van der Waals surface area contributed by atoms with Gasteiger partial charge in [0.2, 0.25) is 0 Å². The Hall–Kier alpha value is -3.91. The first-order valence-corrected chi connectivity index (χ1v) is 10.0. The van der Waals surface area contributed by atoms with E-state index in [9.17, 15) is 9.59 Å². The van der Waals surface area contributed by atoms with Crippen LogP contribution in [0.25, 0.3) is 21.7 Å². The number of H-pyrrole nitrogens is 1. The lowest BCUT2D eigenvalue weighted by molar-refractivity contribution is -0.123. The molecule has 2 amide bonds. The average molecular weight is 418 g/mol. The summed E-state index contributed by atoms with van der Waals surface area (Å²) in [5, 5.41) is 8.72. The Morgan fingerprint density at radius 1 is 0.967 bits per heavy atom. The van der Waals surface area contributed by atoms with Crippen molar-refractivity contribution in [1.82, 2.24) is 21.0 Å². The van der Waals surface area contributed by atoms with Gasteiger partial charge in [0.15, 0.2) is 12.3 Å². The van der Waals surface area contributed by atoms with E-state index in [1.54, 1.807) is 12.1 Å².